The first-order chi connectivity index (χ1) is 28.3. The van der Waals surface area contributed by atoms with Gasteiger partial charge >= 0.3 is 0 Å². The van der Waals surface area contributed by atoms with Gasteiger partial charge in [0.2, 0.25) is 0 Å². The predicted octanol–water partition coefficient (Wildman–Crippen LogP) is 13.8. The van der Waals surface area contributed by atoms with Crippen molar-refractivity contribution in [3.8, 4) is 44.5 Å². The topological polar surface area (TPSA) is 0 Å². The van der Waals surface area contributed by atoms with Gasteiger partial charge in [-0.05, 0) is 117 Å². The first kappa shape index (κ1) is 33.3. The van der Waals surface area contributed by atoms with Crippen molar-refractivity contribution in [1.29, 1.82) is 0 Å². The van der Waals surface area contributed by atoms with Gasteiger partial charge in [0.1, 0.15) is 9.52 Å². The molecule has 0 nitrogen and oxygen atoms in total. The molecule has 0 aliphatic heterocycles. The van der Waals surface area contributed by atoms with E-state index in [4.69, 9.17) is 0 Å². The van der Waals surface area contributed by atoms with Crippen molar-refractivity contribution in [3.63, 3.8) is 0 Å². The molecule has 0 fully saturated rings. The minimum absolute atomic E-state index is 0.547. The molecular formula is C56H36Si. The maximum atomic E-state index is 2.49. The second kappa shape index (κ2) is 13.9. The van der Waals surface area contributed by atoms with Crippen LogP contribution in [0.15, 0.2) is 218 Å². The second-order valence-electron chi connectivity index (χ2n) is 14.9. The van der Waals surface area contributed by atoms with Gasteiger partial charge < -0.3 is 0 Å². The van der Waals surface area contributed by atoms with E-state index in [-0.39, 0.29) is 0 Å². The van der Waals surface area contributed by atoms with Gasteiger partial charge in [0, 0.05) is 0 Å². The summed E-state index contributed by atoms with van der Waals surface area (Å²) in [6.45, 7) is 0. The van der Waals surface area contributed by atoms with E-state index in [0.29, 0.717) is 9.52 Å². The fraction of sp³-hybridized carbons (Fsp3) is 0. The summed E-state index contributed by atoms with van der Waals surface area (Å²) in [4.78, 5) is 0. The quantitative estimate of drug-likeness (QED) is 0.118. The monoisotopic (exact) mass is 736 g/mol. The lowest BCUT2D eigenvalue weighted by molar-refractivity contribution is 1.61. The number of hydrogen-bond acceptors (Lipinski definition) is 0. The average molecular weight is 737 g/mol. The van der Waals surface area contributed by atoms with Gasteiger partial charge in [-0.1, -0.05) is 211 Å². The summed E-state index contributed by atoms with van der Waals surface area (Å²) in [5, 5.41) is 15.2. The largest absolute Gasteiger partial charge is 0.121 e. The van der Waals surface area contributed by atoms with Crippen molar-refractivity contribution in [2.45, 2.75) is 0 Å². The zero-order valence-electron chi connectivity index (χ0n) is 31.3. The first-order valence-electron chi connectivity index (χ1n) is 19.7. The van der Waals surface area contributed by atoms with E-state index in [0.717, 1.165) is 0 Å². The smallest absolute Gasteiger partial charge is 0.0631 e. The molecule has 0 heterocycles. The third-order valence-electron chi connectivity index (χ3n) is 11.6. The number of rotatable bonds is 6. The molecule has 11 aromatic rings. The van der Waals surface area contributed by atoms with Crippen molar-refractivity contribution in [1.82, 2.24) is 0 Å². The minimum Gasteiger partial charge on any atom is -0.0631 e. The number of fused-ring (bicyclic) bond motifs is 5. The Morgan fingerprint density at radius 1 is 0.228 bits per heavy atom. The second-order valence-corrected chi connectivity index (χ2v) is 16.3. The van der Waals surface area contributed by atoms with Crippen molar-refractivity contribution in [3.05, 3.63) is 218 Å². The van der Waals surface area contributed by atoms with E-state index in [9.17, 15) is 0 Å². The average Bonchev–Trinajstić information content (AvgIpc) is 3.28. The Labute approximate surface area is 335 Å². The Bertz CT molecular complexity index is 3210. The summed E-state index contributed by atoms with van der Waals surface area (Å²) >= 11 is 0. The normalized spacial score (nSPS) is 11.6. The van der Waals surface area contributed by atoms with Crippen LogP contribution in [0, 0.1) is 0 Å². The van der Waals surface area contributed by atoms with Crippen molar-refractivity contribution < 1.29 is 0 Å². The fourth-order valence-corrected chi connectivity index (χ4v) is 10.1. The first-order valence-corrected chi connectivity index (χ1v) is 20.7. The van der Waals surface area contributed by atoms with Crippen LogP contribution in [0.5, 0.6) is 0 Å². The molecule has 11 rings (SSSR count). The number of hydrogen-bond donors (Lipinski definition) is 0. The molecule has 264 valence electrons. The Balaban J connectivity index is 1.27. The summed E-state index contributed by atoms with van der Waals surface area (Å²) < 4.78 is 0. The number of benzene rings is 11. The van der Waals surface area contributed by atoms with Crippen LogP contribution in [0.2, 0.25) is 0 Å². The summed E-state index contributed by atoms with van der Waals surface area (Å²) in [5.41, 5.74) is 9.94. The van der Waals surface area contributed by atoms with Crippen LogP contribution < -0.4 is 10.4 Å². The van der Waals surface area contributed by atoms with E-state index in [2.05, 4.69) is 218 Å². The van der Waals surface area contributed by atoms with Crippen LogP contribution in [-0.4, -0.2) is 9.52 Å². The molecule has 0 saturated heterocycles. The van der Waals surface area contributed by atoms with Gasteiger partial charge in [-0.15, -0.1) is 0 Å². The van der Waals surface area contributed by atoms with Crippen molar-refractivity contribution in [2.24, 2.45) is 0 Å². The van der Waals surface area contributed by atoms with E-state index < -0.39 is 0 Å². The lowest BCUT2D eigenvalue weighted by Crippen LogP contribution is -2.26. The molecule has 0 atom stereocenters. The van der Waals surface area contributed by atoms with Gasteiger partial charge in [0.25, 0.3) is 0 Å². The van der Waals surface area contributed by atoms with Crippen LogP contribution in [-0.2, 0) is 0 Å². The lowest BCUT2D eigenvalue weighted by atomic mass is 9.83. The van der Waals surface area contributed by atoms with Crippen molar-refractivity contribution in [2.75, 3.05) is 0 Å². The summed E-state index contributed by atoms with van der Waals surface area (Å²) in [6, 6.07) is 81.0. The van der Waals surface area contributed by atoms with E-state index >= 15 is 0 Å². The molecule has 0 spiro atoms. The summed E-state index contributed by atoms with van der Waals surface area (Å²) in [5.74, 6) is 0. The van der Waals surface area contributed by atoms with Gasteiger partial charge in [0.15, 0.2) is 0 Å². The Kier molecular flexibility index (Phi) is 8.12. The van der Waals surface area contributed by atoms with Crippen LogP contribution in [0.1, 0.15) is 0 Å². The summed E-state index contributed by atoms with van der Waals surface area (Å²) in [7, 11) is 0.547. The Morgan fingerprint density at radius 3 is 1.23 bits per heavy atom. The maximum Gasteiger partial charge on any atom is 0.121 e. The van der Waals surface area contributed by atoms with E-state index in [1.165, 1.54) is 109 Å². The zero-order valence-corrected chi connectivity index (χ0v) is 32.3. The highest BCUT2D eigenvalue weighted by Gasteiger charge is 2.20. The molecule has 0 aliphatic carbocycles. The third-order valence-corrected chi connectivity index (χ3v) is 12.8. The fourth-order valence-electron chi connectivity index (χ4n) is 9.03. The van der Waals surface area contributed by atoms with Crippen LogP contribution in [0.4, 0.5) is 0 Å². The minimum atomic E-state index is 0.547. The molecule has 1 heteroatoms. The molecule has 0 unspecified atom stereocenters. The van der Waals surface area contributed by atoms with Crippen LogP contribution in [0.25, 0.3) is 98.4 Å². The molecular weight excluding hydrogens is 701 g/mol. The predicted molar refractivity (Wildman–Crippen MR) is 247 cm³/mol. The standard InChI is InChI=1S/C56H36Si/c1-2-21-43(22-3-1)57-44-31-32-53-54(36-44)55(51-26-10-11-27-52(51)56(53)50-30-14-20-39-17-6-9-25-47(39)50)42-34-40(48-28-12-18-37-15-4-7-23-45(37)48)33-41(35-42)49-29-13-19-38-16-5-8-24-46(38)49/h1-36H. The molecule has 0 N–H and O–H groups in total. The van der Waals surface area contributed by atoms with Crippen molar-refractivity contribution >= 4 is 73.8 Å². The molecule has 0 amide bonds. The van der Waals surface area contributed by atoms with E-state index in [1.807, 2.05) is 0 Å². The Hall–Kier alpha value is -7.06. The third kappa shape index (κ3) is 5.83. The van der Waals surface area contributed by atoms with Gasteiger partial charge in [0.05, 0.1) is 0 Å². The highest BCUT2D eigenvalue weighted by Crippen LogP contribution is 2.47. The van der Waals surface area contributed by atoms with E-state index in [1.54, 1.807) is 0 Å². The zero-order chi connectivity index (χ0) is 37.7. The molecule has 11 aromatic carbocycles. The van der Waals surface area contributed by atoms with Gasteiger partial charge in [-0.2, -0.15) is 0 Å². The maximum absolute atomic E-state index is 2.49. The Morgan fingerprint density at radius 2 is 0.649 bits per heavy atom. The molecule has 0 aliphatic rings. The lowest BCUT2D eigenvalue weighted by Gasteiger charge is -2.21. The molecule has 0 aromatic heterocycles. The molecule has 57 heavy (non-hydrogen) atoms. The van der Waals surface area contributed by atoms with Gasteiger partial charge in [-0.3, -0.25) is 0 Å². The molecule has 0 saturated carbocycles. The van der Waals surface area contributed by atoms with Gasteiger partial charge in [-0.25, -0.2) is 0 Å². The van der Waals surface area contributed by atoms with Crippen LogP contribution >= 0.6 is 0 Å². The molecule has 0 bridgehead atoms. The highest BCUT2D eigenvalue weighted by atomic mass is 28.2. The SMILES string of the molecule is c1ccc([Si]c2ccc3c(-c4cccc5ccccc45)c4ccccc4c(-c4cc(-c5cccc6ccccc56)cc(-c5cccc6ccccc56)c4)c3c2)cc1. The highest BCUT2D eigenvalue weighted by molar-refractivity contribution is 6.67. The molecule has 2 radical (unpaired) electrons. The van der Waals surface area contributed by atoms with Crippen LogP contribution in [0.3, 0.4) is 0 Å². The summed E-state index contributed by atoms with van der Waals surface area (Å²) in [6.07, 6.45) is 0.